The van der Waals surface area contributed by atoms with Gasteiger partial charge in [-0.2, -0.15) is 0 Å². The Hall–Kier alpha value is -0.160. The molecule has 4 nitrogen and oxygen atoms in total. The van der Waals surface area contributed by atoms with Gasteiger partial charge in [-0.3, -0.25) is 0 Å². The van der Waals surface area contributed by atoms with Crippen molar-refractivity contribution in [2.75, 3.05) is 0 Å². The van der Waals surface area contributed by atoms with Gasteiger partial charge in [-0.1, -0.05) is 0 Å². The third-order valence-electron chi connectivity index (χ3n) is 3.27. The fourth-order valence-corrected chi connectivity index (χ4v) is 2.28. The molecule has 0 saturated heterocycles. The first-order valence-corrected chi connectivity index (χ1v) is 5.57. The van der Waals surface area contributed by atoms with Crippen LogP contribution < -0.4 is 11.5 Å². The van der Waals surface area contributed by atoms with E-state index in [1.165, 1.54) is 0 Å². The lowest BCUT2D eigenvalue weighted by atomic mass is 10.2. The van der Waals surface area contributed by atoms with Crippen LogP contribution in [0, 0.1) is 0 Å². The Kier molecular flexibility index (Phi) is 2.79. The van der Waals surface area contributed by atoms with Gasteiger partial charge >= 0.3 is 0 Å². The molecule has 0 aliphatic heterocycles. The second kappa shape index (κ2) is 3.77. The van der Waals surface area contributed by atoms with Gasteiger partial charge in [0.05, 0.1) is 0 Å². The Morgan fingerprint density at radius 2 is 0.929 bits per heavy atom. The van der Waals surface area contributed by atoms with Crippen molar-refractivity contribution >= 4 is 0 Å². The van der Waals surface area contributed by atoms with Crippen LogP contribution in [-0.2, 0) is 9.78 Å². The Labute approximate surface area is 84.8 Å². The van der Waals surface area contributed by atoms with E-state index in [1.807, 2.05) is 0 Å². The van der Waals surface area contributed by atoms with Crippen LogP contribution in [0.2, 0.25) is 0 Å². The summed E-state index contributed by atoms with van der Waals surface area (Å²) in [6, 6.07) is 0. The molecule has 0 aromatic carbocycles. The van der Waals surface area contributed by atoms with E-state index in [-0.39, 0.29) is 0 Å². The average molecular weight is 200 g/mol. The Bertz CT molecular complexity index is 174. The minimum Gasteiger partial charge on any atom is -0.301 e. The highest BCUT2D eigenvalue weighted by atomic mass is 17.2. The highest BCUT2D eigenvalue weighted by Crippen LogP contribution is 2.33. The Morgan fingerprint density at radius 3 is 1.21 bits per heavy atom. The summed E-state index contributed by atoms with van der Waals surface area (Å²) in [5, 5.41) is 0. The number of hydrogen-bond acceptors (Lipinski definition) is 4. The van der Waals surface area contributed by atoms with Crippen molar-refractivity contribution in [1.82, 2.24) is 0 Å². The first kappa shape index (κ1) is 10.4. The molecule has 0 radical (unpaired) electrons. The third kappa shape index (κ3) is 2.25. The highest BCUT2D eigenvalue weighted by molar-refractivity contribution is 4.81. The summed E-state index contributed by atoms with van der Waals surface area (Å²) >= 11 is 0. The van der Waals surface area contributed by atoms with Crippen molar-refractivity contribution in [3.05, 3.63) is 0 Å². The van der Waals surface area contributed by atoms with Crippen molar-refractivity contribution in [3.8, 4) is 0 Å². The Balaban J connectivity index is 1.80. The second-order valence-corrected chi connectivity index (χ2v) is 4.71. The molecular formula is C10H20N2O2. The molecule has 2 aliphatic rings. The molecule has 2 aliphatic carbocycles. The van der Waals surface area contributed by atoms with Crippen LogP contribution >= 0.6 is 0 Å². The summed E-state index contributed by atoms with van der Waals surface area (Å²) in [5.74, 6) is 0. The SMILES string of the molecule is NC1(OOC2(N)CCCC2)CCCC1. The zero-order valence-corrected chi connectivity index (χ0v) is 8.63. The van der Waals surface area contributed by atoms with E-state index in [1.54, 1.807) is 0 Å². The average Bonchev–Trinajstić information content (AvgIpc) is 2.74. The summed E-state index contributed by atoms with van der Waals surface area (Å²) in [7, 11) is 0. The van der Waals surface area contributed by atoms with Crippen LogP contribution in [0.5, 0.6) is 0 Å². The molecule has 2 rings (SSSR count). The largest absolute Gasteiger partial charge is 0.301 e. The summed E-state index contributed by atoms with van der Waals surface area (Å²) in [6.07, 6.45) is 8.00. The van der Waals surface area contributed by atoms with Crippen LogP contribution in [0.1, 0.15) is 51.4 Å². The predicted molar refractivity (Wildman–Crippen MR) is 52.9 cm³/mol. The molecule has 0 spiro atoms. The first-order chi connectivity index (χ1) is 6.62. The molecule has 0 bridgehead atoms. The molecule has 2 fully saturated rings. The molecule has 0 amide bonds. The molecule has 14 heavy (non-hydrogen) atoms. The van der Waals surface area contributed by atoms with E-state index in [0.717, 1.165) is 51.4 Å². The quantitative estimate of drug-likeness (QED) is 0.410. The fourth-order valence-electron chi connectivity index (χ4n) is 2.28. The normalized spacial score (nSPS) is 29.6. The minimum atomic E-state index is -0.574. The number of nitrogens with two attached hydrogens (primary N) is 2. The lowest BCUT2D eigenvalue weighted by Gasteiger charge is -2.29. The zero-order chi connectivity index (χ0) is 10.1. The molecule has 2 saturated carbocycles. The molecule has 0 unspecified atom stereocenters. The molecule has 82 valence electrons. The maximum absolute atomic E-state index is 5.99. The lowest BCUT2D eigenvalue weighted by molar-refractivity contribution is -0.410. The van der Waals surface area contributed by atoms with Crippen LogP contribution in [0.25, 0.3) is 0 Å². The molecule has 0 atom stereocenters. The second-order valence-electron chi connectivity index (χ2n) is 4.71. The minimum absolute atomic E-state index is 0.574. The van der Waals surface area contributed by atoms with Gasteiger partial charge < -0.3 is 11.5 Å². The van der Waals surface area contributed by atoms with E-state index in [0.29, 0.717) is 0 Å². The van der Waals surface area contributed by atoms with Gasteiger partial charge in [0.1, 0.15) is 0 Å². The van der Waals surface area contributed by atoms with Crippen LogP contribution in [-0.4, -0.2) is 11.4 Å². The van der Waals surface area contributed by atoms with E-state index in [9.17, 15) is 0 Å². The fraction of sp³-hybridized carbons (Fsp3) is 1.00. The van der Waals surface area contributed by atoms with Gasteiger partial charge in [0.2, 0.25) is 0 Å². The molecule has 4 N–H and O–H groups in total. The third-order valence-corrected chi connectivity index (χ3v) is 3.27. The van der Waals surface area contributed by atoms with E-state index >= 15 is 0 Å². The van der Waals surface area contributed by atoms with Gasteiger partial charge in [0.15, 0.2) is 11.4 Å². The summed E-state index contributed by atoms with van der Waals surface area (Å²) in [4.78, 5) is 10.7. The maximum Gasteiger partial charge on any atom is 0.151 e. The van der Waals surface area contributed by atoms with Gasteiger partial charge in [-0.25, -0.2) is 9.78 Å². The van der Waals surface area contributed by atoms with Crippen molar-refractivity contribution < 1.29 is 9.78 Å². The summed E-state index contributed by atoms with van der Waals surface area (Å²) in [5.41, 5.74) is 10.8. The molecule has 0 aromatic rings. The van der Waals surface area contributed by atoms with Crippen molar-refractivity contribution in [1.29, 1.82) is 0 Å². The smallest absolute Gasteiger partial charge is 0.151 e. The van der Waals surface area contributed by atoms with Gasteiger partial charge in [-0.15, -0.1) is 0 Å². The molecule has 4 heteroatoms. The van der Waals surface area contributed by atoms with E-state index < -0.39 is 11.4 Å². The zero-order valence-electron chi connectivity index (χ0n) is 8.63. The molecular weight excluding hydrogens is 180 g/mol. The number of rotatable bonds is 3. The van der Waals surface area contributed by atoms with E-state index in [2.05, 4.69) is 0 Å². The van der Waals surface area contributed by atoms with Gasteiger partial charge in [-0.05, 0) is 51.4 Å². The predicted octanol–water partition coefficient (Wildman–Crippen LogP) is 1.39. The van der Waals surface area contributed by atoms with Crippen molar-refractivity contribution in [2.45, 2.75) is 62.8 Å². The van der Waals surface area contributed by atoms with Crippen LogP contribution in [0.4, 0.5) is 0 Å². The maximum atomic E-state index is 5.99. The van der Waals surface area contributed by atoms with Crippen molar-refractivity contribution in [3.63, 3.8) is 0 Å². The highest BCUT2D eigenvalue weighted by Gasteiger charge is 2.37. The van der Waals surface area contributed by atoms with E-state index in [4.69, 9.17) is 21.2 Å². The summed E-state index contributed by atoms with van der Waals surface area (Å²) in [6.45, 7) is 0. The van der Waals surface area contributed by atoms with Crippen LogP contribution in [0.3, 0.4) is 0 Å². The lowest BCUT2D eigenvalue weighted by Crippen LogP contribution is -2.47. The Morgan fingerprint density at radius 1 is 0.643 bits per heavy atom. The van der Waals surface area contributed by atoms with Gasteiger partial charge in [0, 0.05) is 0 Å². The molecule has 0 aromatic heterocycles. The monoisotopic (exact) mass is 200 g/mol. The molecule has 0 heterocycles. The van der Waals surface area contributed by atoms with Crippen LogP contribution in [0.15, 0.2) is 0 Å². The number of hydrogen-bond donors (Lipinski definition) is 2. The first-order valence-electron chi connectivity index (χ1n) is 5.57. The van der Waals surface area contributed by atoms with Crippen molar-refractivity contribution in [2.24, 2.45) is 11.5 Å². The van der Waals surface area contributed by atoms with Gasteiger partial charge in [0.25, 0.3) is 0 Å². The standard InChI is InChI=1S/C10H20N2O2/c11-9(5-1-2-6-9)13-14-10(12)7-3-4-8-10/h1-8,11-12H2. The summed E-state index contributed by atoms with van der Waals surface area (Å²) < 4.78 is 0. The topological polar surface area (TPSA) is 70.5 Å².